The predicted octanol–water partition coefficient (Wildman–Crippen LogP) is -0.302. The number of morpholine rings is 1. The molecule has 6 heteroatoms. The lowest BCUT2D eigenvalue weighted by atomic mass is 10.2. The van der Waals surface area contributed by atoms with Crippen molar-refractivity contribution >= 4 is 5.82 Å². The second-order valence-electron chi connectivity index (χ2n) is 4.90. The molecule has 1 aliphatic heterocycles. The second-order valence-corrected chi connectivity index (χ2v) is 4.90. The van der Waals surface area contributed by atoms with E-state index in [0.29, 0.717) is 18.9 Å². The molecule has 0 spiro atoms. The molecule has 1 saturated heterocycles. The van der Waals surface area contributed by atoms with Gasteiger partial charge in [-0.15, -0.1) is 0 Å². The summed E-state index contributed by atoms with van der Waals surface area (Å²) in [5.41, 5.74) is -0.579. The normalized spacial score (nSPS) is 24.3. The van der Waals surface area contributed by atoms with Gasteiger partial charge in [0.25, 0.3) is 5.56 Å². The van der Waals surface area contributed by atoms with Crippen molar-refractivity contribution in [3.8, 4) is 0 Å². The van der Waals surface area contributed by atoms with Crippen LogP contribution in [-0.2, 0) is 18.8 Å². The van der Waals surface area contributed by atoms with Crippen LogP contribution in [0.2, 0.25) is 0 Å². The van der Waals surface area contributed by atoms with Crippen LogP contribution in [0.25, 0.3) is 0 Å². The summed E-state index contributed by atoms with van der Waals surface area (Å²) in [4.78, 5) is 25.6. The van der Waals surface area contributed by atoms with Crippen LogP contribution in [0.1, 0.15) is 13.8 Å². The molecular formula is C12H19N3O3. The van der Waals surface area contributed by atoms with Crippen LogP contribution in [0.5, 0.6) is 0 Å². The molecule has 0 aliphatic carbocycles. The fourth-order valence-corrected chi connectivity index (χ4v) is 2.39. The molecule has 18 heavy (non-hydrogen) atoms. The molecule has 2 atom stereocenters. The molecule has 0 saturated carbocycles. The van der Waals surface area contributed by atoms with Gasteiger partial charge < -0.3 is 9.64 Å². The van der Waals surface area contributed by atoms with Gasteiger partial charge in [0.05, 0.1) is 12.2 Å². The van der Waals surface area contributed by atoms with Crippen LogP contribution in [0.15, 0.2) is 15.7 Å². The highest BCUT2D eigenvalue weighted by Gasteiger charge is 2.24. The minimum atomic E-state index is -0.302. The predicted molar refractivity (Wildman–Crippen MR) is 69.1 cm³/mol. The van der Waals surface area contributed by atoms with Crippen LogP contribution in [0.3, 0.4) is 0 Å². The molecule has 0 N–H and O–H groups in total. The van der Waals surface area contributed by atoms with E-state index >= 15 is 0 Å². The van der Waals surface area contributed by atoms with Gasteiger partial charge in [0.2, 0.25) is 0 Å². The average Bonchev–Trinajstić information content (AvgIpc) is 2.30. The number of hydrogen-bond donors (Lipinski definition) is 0. The third-order valence-electron chi connectivity index (χ3n) is 3.24. The van der Waals surface area contributed by atoms with Crippen LogP contribution >= 0.6 is 0 Å². The number of nitrogens with zero attached hydrogens (tertiary/aromatic N) is 3. The molecule has 2 heterocycles. The monoisotopic (exact) mass is 253 g/mol. The molecule has 1 fully saturated rings. The summed E-state index contributed by atoms with van der Waals surface area (Å²) < 4.78 is 8.26. The summed E-state index contributed by atoms with van der Waals surface area (Å²) in [6, 6.07) is 1.51. The Morgan fingerprint density at radius 2 is 1.67 bits per heavy atom. The molecule has 100 valence electrons. The van der Waals surface area contributed by atoms with Crippen LogP contribution in [-0.4, -0.2) is 34.4 Å². The number of anilines is 1. The Morgan fingerprint density at radius 3 is 2.22 bits per heavy atom. The molecular weight excluding hydrogens is 234 g/mol. The summed E-state index contributed by atoms with van der Waals surface area (Å²) in [5.74, 6) is 0.658. The Morgan fingerprint density at radius 1 is 1.11 bits per heavy atom. The Kier molecular flexibility index (Phi) is 3.30. The fraction of sp³-hybridized carbons (Fsp3) is 0.667. The Bertz CT molecular complexity index is 551. The highest BCUT2D eigenvalue weighted by Crippen LogP contribution is 2.17. The first-order chi connectivity index (χ1) is 8.40. The molecule has 0 radical (unpaired) electrons. The van der Waals surface area contributed by atoms with Crippen LogP contribution in [0, 0.1) is 0 Å². The van der Waals surface area contributed by atoms with E-state index in [1.54, 1.807) is 7.05 Å². The van der Waals surface area contributed by atoms with Crippen molar-refractivity contribution in [2.75, 3.05) is 18.0 Å². The maximum absolute atomic E-state index is 11.9. The first kappa shape index (κ1) is 12.9. The van der Waals surface area contributed by atoms with Gasteiger partial charge in [0.15, 0.2) is 0 Å². The highest BCUT2D eigenvalue weighted by atomic mass is 16.5. The van der Waals surface area contributed by atoms with E-state index in [1.165, 1.54) is 17.7 Å². The van der Waals surface area contributed by atoms with E-state index in [4.69, 9.17) is 4.74 Å². The number of hydrogen-bond acceptors (Lipinski definition) is 4. The van der Waals surface area contributed by atoms with E-state index < -0.39 is 0 Å². The first-order valence-electron chi connectivity index (χ1n) is 6.07. The maximum atomic E-state index is 11.9. The van der Waals surface area contributed by atoms with Gasteiger partial charge in [0.1, 0.15) is 5.82 Å². The smallest absolute Gasteiger partial charge is 0.332 e. The quantitative estimate of drug-likeness (QED) is 0.689. The third kappa shape index (κ3) is 2.20. The second kappa shape index (κ2) is 4.61. The van der Waals surface area contributed by atoms with Crippen molar-refractivity contribution < 1.29 is 4.74 Å². The van der Waals surface area contributed by atoms with Gasteiger partial charge in [-0.3, -0.25) is 13.9 Å². The van der Waals surface area contributed by atoms with Crippen molar-refractivity contribution in [2.45, 2.75) is 26.1 Å². The molecule has 1 aliphatic rings. The fourth-order valence-electron chi connectivity index (χ4n) is 2.39. The SMILES string of the molecule is CC1CN(c2cc(=O)n(C)c(=O)n2C)CC(C)O1. The highest BCUT2D eigenvalue weighted by molar-refractivity contribution is 5.39. The molecule has 0 aromatic carbocycles. The Balaban J connectivity index is 2.45. The van der Waals surface area contributed by atoms with Gasteiger partial charge in [-0.1, -0.05) is 0 Å². The van der Waals surface area contributed by atoms with Crippen molar-refractivity contribution in [3.63, 3.8) is 0 Å². The lowest BCUT2D eigenvalue weighted by Gasteiger charge is -2.37. The van der Waals surface area contributed by atoms with E-state index in [0.717, 1.165) is 4.57 Å². The van der Waals surface area contributed by atoms with Crippen LogP contribution < -0.4 is 16.1 Å². The zero-order chi connectivity index (χ0) is 13.4. The molecule has 2 rings (SSSR count). The first-order valence-corrected chi connectivity index (χ1v) is 6.07. The lowest BCUT2D eigenvalue weighted by molar-refractivity contribution is -0.00568. The molecule has 0 bridgehead atoms. The Labute approximate surface area is 105 Å². The lowest BCUT2D eigenvalue weighted by Crippen LogP contribution is -2.49. The topological polar surface area (TPSA) is 56.5 Å². The largest absolute Gasteiger partial charge is 0.372 e. The van der Waals surface area contributed by atoms with Crippen molar-refractivity contribution in [2.24, 2.45) is 14.1 Å². The minimum Gasteiger partial charge on any atom is -0.372 e. The van der Waals surface area contributed by atoms with Crippen LogP contribution in [0.4, 0.5) is 5.82 Å². The summed E-state index contributed by atoms with van der Waals surface area (Å²) in [6.45, 7) is 5.35. The summed E-state index contributed by atoms with van der Waals surface area (Å²) >= 11 is 0. The Hall–Kier alpha value is -1.56. The molecule has 1 aromatic rings. The molecule has 1 aromatic heterocycles. The number of rotatable bonds is 1. The zero-order valence-electron chi connectivity index (χ0n) is 11.2. The standard InChI is InChI=1S/C12H19N3O3/c1-8-6-15(7-9(2)18-8)10-5-11(16)14(4)12(17)13(10)3/h5,8-9H,6-7H2,1-4H3. The van der Waals surface area contributed by atoms with Gasteiger partial charge in [-0.05, 0) is 13.8 Å². The van der Waals surface area contributed by atoms with E-state index in [1.807, 2.05) is 18.7 Å². The third-order valence-corrected chi connectivity index (χ3v) is 3.24. The van der Waals surface area contributed by atoms with Gasteiger partial charge in [0, 0.05) is 33.3 Å². The zero-order valence-corrected chi connectivity index (χ0v) is 11.2. The molecule has 0 amide bonds. The van der Waals surface area contributed by atoms with Gasteiger partial charge >= 0.3 is 5.69 Å². The summed E-state index contributed by atoms with van der Waals surface area (Å²) in [5, 5.41) is 0. The summed E-state index contributed by atoms with van der Waals surface area (Å²) in [7, 11) is 3.17. The number of ether oxygens (including phenoxy) is 1. The minimum absolute atomic E-state index is 0.0907. The number of aromatic nitrogens is 2. The maximum Gasteiger partial charge on any atom is 0.332 e. The van der Waals surface area contributed by atoms with Crippen molar-refractivity contribution in [1.82, 2.24) is 9.13 Å². The van der Waals surface area contributed by atoms with E-state index in [9.17, 15) is 9.59 Å². The van der Waals surface area contributed by atoms with Crippen molar-refractivity contribution in [1.29, 1.82) is 0 Å². The van der Waals surface area contributed by atoms with Gasteiger partial charge in [-0.25, -0.2) is 4.79 Å². The van der Waals surface area contributed by atoms with Crippen molar-refractivity contribution in [3.05, 3.63) is 26.9 Å². The molecule has 2 unspecified atom stereocenters. The average molecular weight is 253 g/mol. The molecule has 6 nitrogen and oxygen atoms in total. The summed E-state index contributed by atoms with van der Waals surface area (Å²) in [6.07, 6.45) is 0.181. The van der Waals surface area contributed by atoms with Gasteiger partial charge in [-0.2, -0.15) is 0 Å². The van der Waals surface area contributed by atoms with E-state index in [-0.39, 0.29) is 23.5 Å². The van der Waals surface area contributed by atoms with E-state index in [2.05, 4.69) is 0 Å².